The maximum Gasteiger partial charge on any atom is 0.309 e. The molecule has 0 amide bonds. The number of allylic oxidation sites excluding steroid dienone is 1. The zero-order valence-electron chi connectivity index (χ0n) is 15.3. The standard InChI is InChI=1S/C20H34O4/c1-14-5-8-17-19(2,10-4-11-20(17,3)18(23)24)16(14)7-6-15(13-22)9-12-21/h15-17,21-22H,1,4-13H2,2-3H3,(H,23,24)/t15-,16-,17+,19-,20+/m0/s1. The number of aliphatic hydroxyl groups is 2. The van der Waals surface area contributed by atoms with E-state index < -0.39 is 11.4 Å². The van der Waals surface area contributed by atoms with Crippen LogP contribution in [-0.4, -0.2) is 34.5 Å². The molecule has 0 heterocycles. The summed E-state index contributed by atoms with van der Waals surface area (Å²) in [5.74, 6) is -0.0143. The van der Waals surface area contributed by atoms with E-state index in [2.05, 4.69) is 13.5 Å². The van der Waals surface area contributed by atoms with E-state index in [1.54, 1.807) is 0 Å². The first-order chi connectivity index (χ1) is 11.3. The quantitative estimate of drug-likeness (QED) is 0.620. The number of hydrogen-bond acceptors (Lipinski definition) is 3. The molecule has 0 saturated heterocycles. The van der Waals surface area contributed by atoms with Crippen molar-refractivity contribution in [3.05, 3.63) is 12.2 Å². The average Bonchev–Trinajstić information content (AvgIpc) is 2.52. The number of carboxylic acids is 1. The Bertz CT molecular complexity index is 474. The van der Waals surface area contributed by atoms with Gasteiger partial charge < -0.3 is 15.3 Å². The van der Waals surface area contributed by atoms with Gasteiger partial charge in [0.15, 0.2) is 0 Å². The smallest absolute Gasteiger partial charge is 0.309 e. The van der Waals surface area contributed by atoms with Crippen LogP contribution in [0.1, 0.15) is 65.2 Å². The van der Waals surface area contributed by atoms with Crippen LogP contribution in [0.15, 0.2) is 12.2 Å². The van der Waals surface area contributed by atoms with Crippen molar-refractivity contribution >= 4 is 5.97 Å². The molecular formula is C20H34O4. The van der Waals surface area contributed by atoms with Crippen LogP contribution in [0.4, 0.5) is 0 Å². The van der Waals surface area contributed by atoms with Crippen molar-refractivity contribution < 1.29 is 20.1 Å². The molecule has 0 spiro atoms. The third-order valence-corrected chi connectivity index (χ3v) is 7.17. The molecule has 2 aliphatic rings. The Hall–Kier alpha value is -0.870. The van der Waals surface area contributed by atoms with Crippen molar-refractivity contribution in [2.24, 2.45) is 28.6 Å². The monoisotopic (exact) mass is 338 g/mol. The molecule has 0 aromatic carbocycles. The number of hydrogen-bond donors (Lipinski definition) is 3. The third-order valence-electron chi connectivity index (χ3n) is 7.17. The number of aliphatic carboxylic acids is 1. The molecule has 24 heavy (non-hydrogen) atoms. The fraction of sp³-hybridized carbons (Fsp3) is 0.850. The minimum Gasteiger partial charge on any atom is -0.481 e. The van der Waals surface area contributed by atoms with Crippen LogP contribution in [0.2, 0.25) is 0 Å². The van der Waals surface area contributed by atoms with Crippen molar-refractivity contribution in [2.45, 2.75) is 65.2 Å². The van der Waals surface area contributed by atoms with Gasteiger partial charge >= 0.3 is 5.97 Å². The van der Waals surface area contributed by atoms with Gasteiger partial charge in [0.2, 0.25) is 0 Å². The minimum atomic E-state index is -0.654. The van der Waals surface area contributed by atoms with Crippen LogP contribution >= 0.6 is 0 Å². The second kappa shape index (κ2) is 7.57. The van der Waals surface area contributed by atoms with Crippen molar-refractivity contribution in [1.29, 1.82) is 0 Å². The predicted octanol–water partition coefficient (Wildman–Crippen LogP) is 3.62. The summed E-state index contributed by atoms with van der Waals surface area (Å²) in [6.07, 6.45) is 7.06. The highest BCUT2D eigenvalue weighted by atomic mass is 16.4. The lowest BCUT2D eigenvalue weighted by atomic mass is 9.46. The molecule has 2 fully saturated rings. The Balaban J connectivity index is 2.20. The molecule has 5 atom stereocenters. The second-order valence-corrected chi connectivity index (χ2v) is 8.52. The van der Waals surface area contributed by atoms with Crippen LogP contribution < -0.4 is 0 Å². The molecule has 0 bridgehead atoms. The van der Waals surface area contributed by atoms with Gasteiger partial charge in [-0.25, -0.2) is 0 Å². The first kappa shape index (κ1) is 19.5. The maximum absolute atomic E-state index is 12.0. The highest BCUT2D eigenvalue weighted by Crippen LogP contribution is 2.62. The van der Waals surface area contributed by atoms with Gasteiger partial charge in [-0.3, -0.25) is 4.79 Å². The molecule has 2 aliphatic carbocycles. The van der Waals surface area contributed by atoms with Crippen LogP contribution in [0.25, 0.3) is 0 Å². The SMILES string of the molecule is C=C1CC[C@@H]2[C@@](C)(CCC[C@@]2(C)C(=O)O)[C@H]1CC[C@H](CO)CCO. The Morgan fingerprint density at radius 3 is 2.58 bits per heavy atom. The Morgan fingerprint density at radius 1 is 1.29 bits per heavy atom. The normalized spacial score (nSPS) is 37.8. The summed E-state index contributed by atoms with van der Waals surface area (Å²) in [6.45, 7) is 8.73. The molecule has 0 aromatic rings. The maximum atomic E-state index is 12.0. The van der Waals surface area contributed by atoms with Gasteiger partial charge in [0, 0.05) is 13.2 Å². The Kier molecular flexibility index (Phi) is 6.14. The molecule has 0 aromatic heterocycles. The summed E-state index contributed by atoms with van der Waals surface area (Å²) in [4.78, 5) is 12.0. The number of fused-ring (bicyclic) bond motifs is 1. The molecule has 0 radical (unpaired) electrons. The first-order valence-corrected chi connectivity index (χ1v) is 9.42. The fourth-order valence-corrected chi connectivity index (χ4v) is 5.65. The zero-order valence-corrected chi connectivity index (χ0v) is 15.3. The van der Waals surface area contributed by atoms with E-state index in [0.29, 0.717) is 12.3 Å². The molecule has 138 valence electrons. The van der Waals surface area contributed by atoms with Gasteiger partial charge in [-0.2, -0.15) is 0 Å². The lowest BCUT2D eigenvalue weighted by Gasteiger charge is -2.57. The Morgan fingerprint density at radius 2 is 2.00 bits per heavy atom. The molecule has 0 aliphatic heterocycles. The van der Waals surface area contributed by atoms with Gasteiger partial charge in [0.1, 0.15) is 0 Å². The topological polar surface area (TPSA) is 77.8 Å². The van der Waals surface area contributed by atoms with Gasteiger partial charge in [-0.05, 0) is 75.0 Å². The summed E-state index contributed by atoms with van der Waals surface area (Å²) < 4.78 is 0. The lowest BCUT2D eigenvalue weighted by Crippen LogP contribution is -2.53. The number of carboxylic acid groups (broad SMARTS) is 1. The van der Waals surface area contributed by atoms with Crippen molar-refractivity contribution in [3.63, 3.8) is 0 Å². The highest BCUT2D eigenvalue weighted by molar-refractivity contribution is 5.75. The largest absolute Gasteiger partial charge is 0.481 e. The van der Waals surface area contributed by atoms with Gasteiger partial charge in [-0.15, -0.1) is 0 Å². The number of rotatable bonds is 7. The van der Waals surface area contributed by atoms with Crippen molar-refractivity contribution in [3.8, 4) is 0 Å². The minimum absolute atomic E-state index is 0.0139. The van der Waals surface area contributed by atoms with Crippen LogP contribution in [0.3, 0.4) is 0 Å². The molecular weight excluding hydrogens is 304 g/mol. The van der Waals surface area contributed by atoms with Crippen LogP contribution in [0, 0.1) is 28.6 Å². The number of aliphatic hydroxyl groups excluding tert-OH is 2. The van der Waals surface area contributed by atoms with Crippen LogP contribution in [0.5, 0.6) is 0 Å². The molecule has 2 rings (SSSR count). The highest BCUT2D eigenvalue weighted by Gasteiger charge is 2.57. The van der Waals surface area contributed by atoms with E-state index in [1.165, 1.54) is 5.57 Å². The average molecular weight is 338 g/mol. The van der Waals surface area contributed by atoms with E-state index >= 15 is 0 Å². The second-order valence-electron chi connectivity index (χ2n) is 8.52. The fourth-order valence-electron chi connectivity index (χ4n) is 5.65. The van der Waals surface area contributed by atoms with Crippen molar-refractivity contribution in [1.82, 2.24) is 0 Å². The van der Waals surface area contributed by atoms with E-state index in [0.717, 1.165) is 44.9 Å². The molecule has 2 saturated carbocycles. The van der Waals surface area contributed by atoms with Gasteiger partial charge in [-0.1, -0.05) is 25.5 Å². The molecule has 3 N–H and O–H groups in total. The predicted molar refractivity (Wildman–Crippen MR) is 94.6 cm³/mol. The van der Waals surface area contributed by atoms with E-state index in [-0.39, 0.29) is 30.5 Å². The van der Waals surface area contributed by atoms with Gasteiger partial charge in [0.05, 0.1) is 5.41 Å². The zero-order chi connectivity index (χ0) is 18.0. The molecule has 0 unspecified atom stereocenters. The Labute approximate surface area is 146 Å². The first-order valence-electron chi connectivity index (χ1n) is 9.42. The summed E-state index contributed by atoms with van der Waals surface area (Å²) in [5.41, 5.74) is 0.608. The van der Waals surface area contributed by atoms with Crippen LogP contribution in [-0.2, 0) is 4.79 Å². The summed E-state index contributed by atoms with van der Waals surface area (Å²) in [6, 6.07) is 0. The van der Waals surface area contributed by atoms with Crippen molar-refractivity contribution in [2.75, 3.05) is 13.2 Å². The lowest BCUT2D eigenvalue weighted by molar-refractivity contribution is -0.164. The summed E-state index contributed by atoms with van der Waals surface area (Å²) in [5, 5.41) is 28.5. The summed E-state index contributed by atoms with van der Waals surface area (Å²) in [7, 11) is 0. The van der Waals surface area contributed by atoms with E-state index in [4.69, 9.17) is 5.11 Å². The summed E-state index contributed by atoms with van der Waals surface area (Å²) >= 11 is 0. The van der Waals surface area contributed by atoms with E-state index in [9.17, 15) is 15.0 Å². The van der Waals surface area contributed by atoms with E-state index in [1.807, 2.05) is 6.92 Å². The van der Waals surface area contributed by atoms with Gasteiger partial charge in [0.25, 0.3) is 0 Å². The third kappa shape index (κ3) is 3.41. The molecule has 4 nitrogen and oxygen atoms in total. The molecule has 4 heteroatoms. The number of carbonyl (C=O) groups is 1.